The average molecular weight is 251 g/mol. The molecular weight excluding hydrogens is 238 g/mol. The summed E-state index contributed by atoms with van der Waals surface area (Å²) in [4.78, 5) is 10.5. The minimum atomic E-state index is -0.374. The van der Waals surface area contributed by atoms with Crippen molar-refractivity contribution in [1.29, 1.82) is 0 Å². The number of para-hydroxylation sites is 1. The Bertz CT molecular complexity index is 616. The maximum Gasteiger partial charge on any atom is 0.276 e. The number of nitrogens with zero attached hydrogens (tertiary/aromatic N) is 1. The fraction of sp³-hybridized carbons (Fsp3) is 0. The summed E-state index contributed by atoms with van der Waals surface area (Å²) in [7, 11) is 0. The molecule has 0 aliphatic heterocycles. The van der Waals surface area contributed by atoms with Crippen LogP contribution < -0.4 is 0 Å². The van der Waals surface area contributed by atoms with Gasteiger partial charge in [-0.25, -0.2) is 0 Å². The third-order valence-corrected chi connectivity index (χ3v) is 2.61. The van der Waals surface area contributed by atoms with Gasteiger partial charge >= 0.3 is 0 Å². The topological polar surface area (TPSA) is 43.1 Å². The van der Waals surface area contributed by atoms with Crippen molar-refractivity contribution in [3.8, 4) is 0 Å². The van der Waals surface area contributed by atoms with Crippen molar-refractivity contribution in [2.75, 3.05) is 0 Å². The highest BCUT2D eigenvalue weighted by atomic mass is 16.6. The van der Waals surface area contributed by atoms with Gasteiger partial charge in [0.2, 0.25) is 0 Å². The van der Waals surface area contributed by atoms with Crippen molar-refractivity contribution in [2.24, 2.45) is 0 Å². The summed E-state index contributed by atoms with van der Waals surface area (Å²) in [5, 5.41) is 10.8. The average Bonchev–Trinajstić information content (AvgIpc) is 2.45. The number of allylic oxidation sites excluding steroid dienone is 2. The highest BCUT2D eigenvalue weighted by Crippen LogP contribution is 2.18. The number of nitro groups is 1. The van der Waals surface area contributed by atoms with Crippen LogP contribution >= 0.6 is 0 Å². The van der Waals surface area contributed by atoms with E-state index in [9.17, 15) is 10.1 Å². The van der Waals surface area contributed by atoms with E-state index in [1.807, 2.05) is 42.5 Å². The highest BCUT2D eigenvalue weighted by Gasteiger charge is 2.08. The summed E-state index contributed by atoms with van der Waals surface area (Å²) in [5.41, 5.74) is 1.81. The first-order valence-corrected chi connectivity index (χ1v) is 5.90. The normalized spacial score (nSPS) is 11.2. The Morgan fingerprint density at radius 3 is 2.21 bits per heavy atom. The van der Waals surface area contributed by atoms with E-state index in [2.05, 4.69) is 0 Å². The first-order valence-electron chi connectivity index (χ1n) is 5.90. The highest BCUT2D eigenvalue weighted by molar-refractivity contribution is 5.63. The van der Waals surface area contributed by atoms with Crippen LogP contribution in [0, 0.1) is 10.1 Å². The second-order valence-electron chi connectivity index (χ2n) is 3.94. The molecule has 0 aliphatic carbocycles. The summed E-state index contributed by atoms with van der Waals surface area (Å²) < 4.78 is 0. The van der Waals surface area contributed by atoms with Crippen molar-refractivity contribution in [3.05, 3.63) is 88.0 Å². The second-order valence-corrected chi connectivity index (χ2v) is 3.94. The molecule has 94 valence electrons. The predicted molar refractivity (Wildman–Crippen MR) is 77.6 cm³/mol. The Kier molecular flexibility index (Phi) is 4.24. The number of nitro benzene ring substituents is 1. The first kappa shape index (κ1) is 12.8. The van der Waals surface area contributed by atoms with Crippen LogP contribution in [0.25, 0.3) is 12.2 Å². The fourth-order valence-corrected chi connectivity index (χ4v) is 1.68. The van der Waals surface area contributed by atoms with Crippen LogP contribution in [0.15, 0.2) is 66.7 Å². The van der Waals surface area contributed by atoms with Crippen molar-refractivity contribution in [3.63, 3.8) is 0 Å². The predicted octanol–water partition coefficient (Wildman–Crippen LogP) is 4.32. The SMILES string of the molecule is O=[N+]([O-])c1ccccc1/C=C/C=C/c1ccccc1. The van der Waals surface area contributed by atoms with Crippen LogP contribution in [0.3, 0.4) is 0 Å². The molecule has 3 nitrogen and oxygen atoms in total. The molecule has 0 atom stereocenters. The molecule has 0 spiro atoms. The van der Waals surface area contributed by atoms with Crippen molar-refractivity contribution in [1.82, 2.24) is 0 Å². The minimum Gasteiger partial charge on any atom is -0.258 e. The van der Waals surface area contributed by atoms with Crippen LogP contribution in [0.5, 0.6) is 0 Å². The lowest BCUT2D eigenvalue weighted by atomic mass is 10.1. The van der Waals surface area contributed by atoms with Crippen LogP contribution in [0.1, 0.15) is 11.1 Å². The van der Waals surface area contributed by atoms with E-state index in [0.29, 0.717) is 5.56 Å². The number of benzene rings is 2. The first-order chi connectivity index (χ1) is 9.27. The summed E-state index contributed by atoms with van der Waals surface area (Å²) in [5.74, 6) is 0. The smallest absolute Gasteiger partial charge is 0.258 e. The lowest BCUT2D eigenvalue weighted by Gasteiger charge is -1.95. The van der Waals surface area contributed by atoms with E-state index in [4.69, 9.17) is 0 Å². The van der Waals surface area contributed by atoms with Gasteiger partial charge in [-0.15, -0.1) is 0 Å². The van der Waals surface area contributed by atoms with Crippen molar-refractivity contribution in [2.45, 2.75) is 0 Å². The van der Waals surface area contributed by atoms with Gasteiger partial charge < -0.3 is 0 Å². The lowest BCUT2D eigenvalue weighted by Crippen LogP contribution is -1.90. The number of hydrogen-bond donors (Lipinski definition) is 0. The van der Waals surface area contributed by atoms with Gasteiger partial charge in [-0.3, -0.25) is 10.1 Å². The van der Waals surface area contributed by atoms with Gasteiger partial charge in [-0.2, -0.15) is 0 Å². The molecular formula is C16H13NO2. The van der Waals surface area contributed by atoms with Gasteiger partial charge in [0, 0.05) is 6.07 Å². The molecule has 0 radical (unpaired) electrons. The Labute approximate surface area is 111 Å². The molecule has 0 unspecified atom stereocenters. The molecule has 0 bridgehead atoms. The summed E-state index contributed by atoms with van der Waals surface area (Å²) >= 11 is 0. The molecule has 3 heteroatoms. The largest absolute Gasteiger partial charge is 0.276 e. The molecule has 0 N–H and O–H groups in total. The molecule has 0 aliphatic rings. The summed E-state index contributed by atoms with van der Waals surface area (Å²) in [6.07, 6.45) is 7.35. The van der Waals surface area contributed by atoms with Crippen LogP contribution in [0.4, 0.5) is 5.69 Å². The number of hydrogen-bond acceptors (Lipinski definition) is 2. The van der Waals surface area contributed by atoms with Crippen molar-refractivity contribution >= 4 is 17.8 Å². The molecule has 0 heterocycles. The third kappa shape index (κ3) is 3.64. The molecule has 0 saturated heterocycles. The van der Waals surface area contributed by atoms with Gasteiger partial charge in [0.25, 0.3) is 5.69 Å². The zero-order valence-corrected chi connectivity index (χ0v) is 10.3. The standard InChI is InChI=1S/C16H13NO2/c18-17(19)16-13-7-6-12-15(16)11-5-4-10-14-8-2-1-3-9-14/h1-13H/b10-4+,11-5+. The zero-order valence-electron chi connectivity index (χ0n) is 10.3. The summed E-state index contributed by atoms with van der Waals surface area (Å²) in [6.45, 7) is 0. The molecule has 2 rings (SSSR count). The van der Waals surface area contributed by atoms with Crippen LogP contribution in [0.2, 0.25) is 0 Å². The lowest BCUT2D eigenvalue weighted by molar-refractivity contribution is -0.385. The maximum absolute atomic E-state index is 10.8. The molecule has 0 amide bonds. The fourth-order valence-electron chi connectivity index (χ4n) is 1.68. The monoisotopic (exact) mass is 251 g/mol. The van der Waals surface area contributed by atoms with E-state index in [-0.39, 0.29) is 10.6 Å². The summed E-state index contributed by atoms with van der Waals surface area (Å²) in [6, 6.07) is 16.6. The van der Waals surface area contributed by atoms with Gasteiger partial charge in [0.1, 0.15) is 0 Å². The van der Waals surface area contributed by atoms with Gasteiger partial charge in [-0.05, 0) is 17.7 Å². The van der Waals surface area contributed by atoms with E-state index in [1.165, 1.54) is 6.07 Å². The molecule has 2 aromatic carbocycles. The Morgan fingerprint density at radius 1 is 0.842 bits per heavy atom. The Hall–Kier alpha value is -2.68. The van der Waals surface area contributed by atoms with E-state index in [0.717, 1.165) is 5.56 Å². The van der Waals surface area contributed by atoms with E-state index in [1.54, 1.807) is 30.4 Å². The number of rotatable bonds is 4. The molecule has 0 fully saturated rings. The van der Waals surface area contributed by atoms with Crippen molar-refractivity contribution < 1.29 is 4.92 Å². The Morgan fingerprint density at radius 2 is 1.47 bits per heavy atom. The third-order valence-electron chi connectivity index (χ3n) is 2.61. The van der Waals surface area contributed by atoms with Crippen LogP contribution in [-0.4, -0.2) is 4.92 Å². The van der Waals surface area contributed by atoms with E-state index < -0.39 is 0 Å². The Balaban J connectivity index is 2.12. The zero-order chi connectivity index (χ0) is 13.5. The maximum atomic E-state index is 10.8. The molecule has 0 saturated carbocycles. The molecule has 19 heavy (non-hydrogen) atoms. The van der Waals surface area contributed by atoms with Gasteiger partial charge in [0.05, 0.1) is 10.5 Å². The molecule has 0 aromatic heterocycles. The molecule has 2 aromatic rings. The van der Waals surface area contributed by atoms with Crippen LogP contribution in [-0.2, 0) is 0 Å². The second kappa shape index (κ2) is 6.31. The van der Waals surface area contributed by atoms with Gasteiger partial charge in [0.15, 0.2) is 0 Å². The van der Waals surface area contributed by atoms with E-state index >= 15 is 0 Å². The van der Waals surface area contributed by atoms with Gasteiger partial charge in [-0.1, -0.05) is 60.7 Å². The minimum absolute atomic E-state index is 0.117. The quantitative estimate of drug-likeness (QED) is 0.461.